The molecule has 0 radical (unpaired) electrons. The van der Waals surface area contributed by atoms with E-state index >= 15 is 0 Å². The smallest absolute Gasteiger partial charge is 0.231 e. The summed E-state index contributed by atoms with van der Waals surface area (Å²) in [7, 11) is 0. The van der Waals surface area contributed by atoms with E-state index in [4.69, 9.17) is 15.2 Å². The van der Waals surface area contributed by atoms with Gasteiger partial charge in [-0.1, -0.05) is 19.4 Å². The van der Waals surface area contributed by atoms with Gasteiger partial charge in [-0.15, -0.1) is 0 Å². The third-order valence-corrected chi connectivity index (χ3v) is 4.59. The zero-order valence-electron chi connectivity index (χ0n) is 15.6. The molecule has 1 unspecified atom stereocenters. The summed E-state index contributed by atoms with van der Waals surface area (Å²) in [5, 5.41) is 3.48. The fourth-order valence-electron chi connectivity index (χ4n) is 3.21. The number of aromatic nitrogens is 2. The number of hydrogen-bond donors (Lipinski definition) is 2. The van der Waals surface area contributed by atoms with Gasteiger partial charge in [-0.25, -0.2) is 4.98 Å². The molecule has 0 aliphatic carbocycles. The average Bonchev–Trinajstić information content (AvgIpc) is 3.08. The Balaban J connectivity index is 1.52. The summed E-state index contributed by atoms with van der Waals surface area (Å²) in [5.41, 5.74) is 8.18. The lowest BCUT2D eigenvalue weighted by atomic mass is 10.0. The molecule has 0 bridgehead atoms. The lowest BCUT2D eigenvalue weighted by molar-refractivity contribution is 0.174. The van der Waals surface area contributed by atoms with Crippen molar-refractivity contribution in [2.24, 2.45) is 0 Å². The van der Waals surface area contributed by atoms with Gasteiger partial charge in [0.2, 0.25) is 12.7 Å². The van der Waals surface area contributed by atoms with Crippen LogP contribution in [0.5, 0.6) is 11.5 Å². The summed E-state index contributed by atoms with van der Waals surface area (Å²) < 4.78 is 10.8. The highest BCUT2D eigenvalue weighted by atomic mass is 16.7. The third kappa shape index (κ3) is 4.77. The monoisotopic (exact) mass is 356 g/mol. The van der Waals surface area contributed by atoms with Crippen molar-refractivity contribution in [1.29, 1.82) is 0 Å². The first kappa shape index (κ1) is 18.3. The number of unbranched alkanes of at least 4 members (excludes halogenated alkanes) is 1. The van der Waals surface area contributed by atoms with Gasteiger partial charge in [0.05, 0.1) is 0 Å². The molecule has 0 fully saturated rings. The quantitative estimate of drug-likeness (QED) is 0.662. The van der Waals surface area contributed by atoms with Crippen LogP contribution in [0.15, 0.2) is 24.4 Å². The molecule has 26 heavy (non-hydrogen) atoms. The second-order valence-electron chi connectivity index (χ2n) is 6.83. The Morgan fingerprint density at radius 1 is 1.19 bits per heavy atom. The van der Waals surface area contributed by atoms with Crippen molar-refractivity contribution in [2.45, 2.75) is 58.4 Å². The molecule has 140 valence electrons. The molecule has 1 aromatic carbocycles. The SMILES string of the molecule is CCCC(C)Nc1nc(N)ncc1CCCCc1ccc2c(c1)OCO2. The summed E-state index contributed by atoms with van der Waals surface area (Å²) in [6, 6.07) is 6.55. The van der Waals surface area contributed by atoms with E-state index in [0.717, 1.165) is 61.4 Å². The van der Waals surface area contributed by atoms with E-state index in [0.29, 0.717) is 18.8 Å². The van der Waals surface area contributed by atoms with Gasteiger partial charge in [0.1, 0.15) is 5.82 Å². The molecule has 0 saturated heterocycles. The Morgan fingerprint density at radius 2 is 2.00 bits per heavy atom. The third-order valence-electron chi connectivity index (χ3n) is 4.59. The van der Waals surface area contributed by atoms with E-state index in [1.807, 2.05) is 12.3 Å². The summed E-state index contributed by atoms with van der Waals surface area (Å²) in [4.78, 5) is 8.56. The number of rotatable bonds is 9. The maximum absolute atomic E-state index is 5.77. The van der Waals surface area contributed by atoms with Gasteiger partial charge < -0.3 is 20.5 Å². The molecular formula is C20H28N4O2. The van der Waals surface area contributed by atoms with E-state index in [1.165, 1.54) is 5.56 Å². The van der Waals surface area contributed by atoms with Gasteiger partial charge >= 0.3 is 0 Å². The zero-order valence-corrected chi connectivity index (χ0v) is 15.6. The van der Waals surface area contributed by atoms with E-state index in [2.05, 4.69) is 41.3 Å². The highest BCUT2D eigenvalue weighted by Gasteiger charge is 2.13. The lowest BCUT2D eigenvalue weighted by Gasteiger charge is -2.16. The molecule has 0 amide bonds. The van der Waals surface area contributed by atoms with E-state index in [9.17, 15) is 0 Å². The molecular weight excluding hydrogens is 328 g/mol. The topological polar surface area (TPSA) is 82.3 Å². The molecule has 6 heteroatoms. The van der Waals surface area contributed by atoms with Crippen LogP contribution in [0.1, 0.15) is 50.7 Å². The summed E-state index contributed by atoms with van der Waals surface area (Å²) >= 11 is 0. The predicted molar refractivity (Wildman–Crippen MR) is 104 cm³/mol. The van der Waals surface area contributed by atoms with Crippen LogP contribution in [-0.2, 0) is 12.8 Å². The van der Waals surface area contributed by atoms with Crippen molar-refractivity contribution in [3.63, 3.8) is 0 Å². The molecule has 1 aromatic heterocycles. The van der Waals surface area contributed by atoms with Crippen LogP contribution in [0.2, 0.25) is 0 Å². The summed E-state index contributed by atoms with van der Waals surface area (Å²) in [5.74, 6) is 2.89. The Morgan fingerprint density at radius 3 is 2.85 bits per heavy atom. The maximum Gasteiger partial charge on any atom is 0.231 e. The number of ether oxygens (including phenoxy) is 2. The number of hydrogen-bond acceptors (Lipinski definition) is 6. The highest BCUT2D eigenvalue weighted by molar-refractivity contribution is 5.47. The number of benzene rings is 1. The molecule has 1 aliphatic rings. The van der Waals surface area contributed by atoms with E-state index < -0.39 is 0 Å². The Kier molecular flexibility index (Phi) is 6.15. The minimum Gasteiger partial charge on any atom is -0.454 e. The second kappa shape index (κ2) is 8.74. The van der Waals surface area contributed by atoms with Crippen LogP contribution in [0.25, 0.3) is 0 Å². The van der Waals surface area contributed by atoms with E-state index in [1.54, 1.807) is 0 Å². The first-order valence-electron chi connectivity index (χ1n) is 9.42. The fourth-order valence-corrected chi connectivity index (χ4v) is 3.21. The number of fused-ring (bicyclic) bond motifs is 1. The first-order valence-corrected chi connectivity index (χ1v) is 9.42. The number of nitrogens with one attached hydrogen (secondary N) is 1. The number of nitrogen functional groups attached to an aromatic ring is 1. The van der Waals surface area contributed by atoms with Crippen molar-refractivity contribution in [3.05, 3.63) is 35.5 Å². The standard InChI is InChI=1S/C20H28N4O2/c1-3-6-14(2)23-19-16(12-22-20(21)24-19)8-5-4-7-15-9-10-17-18(11-15)26-13-25-17/h9-12,14H,3-8,13H2,1-2H3,(H3,21,22,23,24). The van der Waals surface area contributed by atoms with Crippen LogP contribution in [-0.4, -0.2) is 22.8 Å². The van der Waals surface area contributed by atoms with Crippen molar-refractivity contribution in [1.82, 2.24) is 9.97 Å². The van der Waals surface area contributed by atoms with Crippen LogP contribution in [0, 0.1) is 0 Å². The van der Waals surface area contributed by atoms with Crippen molar-refractivity contribution in [3.8, 4) is 11.5 Å². The molecule has 2 aromatic rings. The van der Waals surface area contributed by atoms with Crippen LogP contribution in [0.3, 0.4) is 0 Å². The van der Waals surface area contributed by atoms with Gasteiger partial charge in [-0.2, -0.15) is 4.98 Å². The molecule has 3 rings (SSSR count). The largest absolute Gasteiger partial charge is 0.454 e. The van der Waals surface area contributed by atoms with Crippen LogP contribution >= 0.6 is 0 Å². The summed E-state index contributed by atoms with van der Waals surface area (Å²) in [6.45, 7) is 4.68. The molecule has 0 saturated carbocycles. The van der Waals surface area contributed by atoms with Gasteiger partial charge in [-0.3, -0.25) is 0 Å². The van der Waals surface area contributed by atoms with Gasteiger partial charge in [0.15, 0.2) is 11.5 Å². The number of nitrogens with zero attached hydrogens (tertiary/aromatic N) is 2. The first-order chi connectivity index (χ1) is 12.7. The minimum atomic E-state index is 0.320. The zero-order chi connectivity index (χ0) is 18.4. The Hall–Kier alpha value is -2.50. The van der Waals surface area contributed by atoms with Gasteiger partial charge in [0.25, 0.3) is 0 Å². The summed E-state index contributed by atoms with van der Waals surface area (Å²) in [6.07, 6.45) is 8.21. The van der Waals surface area contributed by atoms with Crippen LogP contribution in [0.4, 0.5) is 11.8 Å². The molecule has 6 nitrogen and oxygen atoms in total. The highest BCUT2D eigenvalue weighted by Crippen LogP contribution is 2.32. The molecule has 1 aliphatic heterocycles. The van der Waals surface area contributed by atoms with E-state index in [-0.39, 0.29) is 0 Å². The molecule has 1 atom stereocenters. The van der Waals surface area contributed by atoms with Gasteiger partial charge in [-0.05, 0) is 56.7 Å². The van der Waals surface area contributed by atoms with Crippen molar-refractivity contribution in [2.75, 3.05) is 17.8 Å². The normalized spacial score (nSPS) is 13.6. The van der Waals surface area contributed by atoms with Gasteiger partial charge in [0, 0.05) is 17.8 Å². The van der Waals surface area contributed by atoms with Crippen molar-refractivity contribution >= 4 is 11.8 Å². The van der Waals surface area contributed by atoms with Crippen molar-refractivity contribution < 1.29 is 9.47 Å². The van der Waals surface area contributed by atoms with Crippen LogP contribution < -0.4 is 20.5 Å². The number of aryl methyl sites for hydroxylation is 2. The molecule has 3 N–H and O–H groups in total. The second-order valence-corrected chi connectivity index (χ2v) is 6.83. The lowest BCUT2D eigenvalue weighted by Crippen LogP contribution is -2.18. The average molecular weight is 356 g/mol. The fraction of sp³-hybridized carbons (Fsp3) is 0.500. The number of anilines is 2. The maximum atomic E-state index is 5.77. The molecule has 2 heterocycles. The Bertz CT molecular complexity index is 736. The molecule has 0 spiro atoms. The number of nitrogens with two attached hydrogens (primary N) is 1. The predicted octanol–water partition coefficient (Wildman–Crippen LogP) is 3.95. The minimum absolute atomic E-state index is 0.320. The Labute approximate surface area is 155 Å².